The van der Waals surface area contributed by atoms with E-state index in [9.17, 15) is 0 Å². The lowest BCUT2D eigenvalue weighted by Crippen LogP contribution is -2.19. The maximum absolute atomic E-state index is 6.14. The summed E-state index contributed by atoms with van der Waals surface area (Å²) in [6, 6.07) is 8.30. The molecule has 3 rings (SSSR count). The van der Waals surface area contributed by atoms with Gasteiger partial charge in [-0.15, -0.1) is 0 Å². The van der Waals surface area contributed by atoms with Crippen molar-refractivity contribution in [2.75, 3.05) is 20.7 Å². The lowest BCUT2D eigenvalue weighted by atomic mass is 10.0. The molecule has 1 unspecified atom stereocenters. The highest BCUT2D eigenvalue weighted by atomic mass is 16.5. The molecule has 1 atom stereocenters. The van der Waals surface area contributed by atoms with Crippen molar-refractivity contribution in [3.63, 3.8) is 0 Å². The van der Waals surface area contributed by atoms with Crippen LogP contribution in [0, 0.1) is 0 Å². The molecule has 1 aromatic carbocycles. The lowest BCUT2D eigenvalue weighted by molar-refractivity contribution is 0.127. The van der Waals surface area contributed by atoms with Crippen LogP contribution in [0.15, 0.2) is 78.2 Å². The predicted octanol–water partition coefficient (Wildman–Crippen LogP) is 3.49. The predicted molar refractivity (Wildman–Crippen MR) is 97.6 cm³/mol. The van der Waals surface area contributed by atoms with Gasteiger partial charge in [0.05, 0.1) is 13.3 Å². The van der Waals surface area contributed by atoms with E-state index in [1.165, 1.54) is 0 Å². The molecule has 0 saturated carbocycles. The lowest BCUT2D eigenvalue weighted by Gasteiger charge is -2.19. The minimum atomic E-state index is -0.118. The van der Waals surface area contributed by atoms with Crippen molar-refractivity contribution in [2.45, 2.75) is 6.10 Å². The normalized spacial score (nSPS) is 14.5. The second-order valence-corrected chi connectivity index (χ2v) is 5.55. The molecule has 0 aliphatic heterocycles. The van der Waals surface area contributed by atoms with E-state index in [2.05, 4.69) is 45.5 Å². The van der Waals surface area contributed by atoms with Crippen LogP contribution in [0.3, 0.4) is 0 Å². The molecule has 5 nitrogen and oxygen atoms in total. The minimum Gasteiger partial charge on any atom is -0.497 e. The van der Waals surface area contributed by atoms with Crippen LogP contribution in [-0.2, 0) is 9.47 Å². The standard InChI is InChI=1S/C20H21N3O2/c1-21-14-20(25-19-5-3-4-18(24-2)10-11-19)16-8-6-15(7-9-16)17-12-22-23-13-17/h3-4,6-13,20-21H,14H2,1-2H3,(H,22,23). The quantitative estimate of drug-likeness (QED) is 0.761. The number of hydrogen-bond donors (Lipinski definition) is 2. The van der Waals surface area contributed by atoms with Gasteiger partial charge in [-0.25, -0.2) is 0 Å². The largest absolute Gasteiger partial charge is 0.497 e. The fourth-order valence-corrected chi connectivity index (χ4v) is 2.54. The van der Waals surface area contributed by atoms with Crippen molar-refractivity contribution >= 4 is 0 Å². The Morgan fingerprint density at radius 1 is 1.20 bits per heavy atom. The number of nitrogens with one attached hydrogen (secondary N) is 2. The molecule has 0 saturated heterocycles. The summed E-state index contributed by atoms with van der Waals surface area (Å²) in [7, 11) is 3.55. The third kappa shape index (κ3) is 4.29. The van der Waals surface area contributed by atoms with Gasteiger partial charge in [-0.3, -0.25) is 5.10 Å². The first-order valence-electron chi connectivity index (χ1n) is 8.09. The van der Waals surface area contributed by atoms with Crippen LogP contribution in [0.2, 0.25) is 0 Å². The number of methoxy groups -OCH3 is 1. The highest BCUT2D eigenvalue weighted by Crippen LogP contribution is 2.25. The van der Waals surface area contributed by atoms with Gasteiger partial charge < -0.3 is 14.8 Å². The Labute approximate surface area is 147 Å². The molecule has 5 heteroatoms. The minimum absolute atomic E-state index is 0.118. The summed E-state index contributed by atoms with van der Waals surface area (Å²) in [6.07, 6.45) is 10.9. The smallest absolute Gasteiger partial charge is 0.163 e. The van der Waals surface area contributed by atoms with E-state index in [-0.39, 0.29) is 6.10 Å². The van der Waals surface area contributed by atoms with Crippen molar-refractivity contribution < 1.29 is 9.47 Å². The van der Waals surface area contributed by atoms with E-state index >= 15 is 0 Å². The number of aromatic nitrogens is 2. The molecule has 2 aromatic rings. The Balaban J connectivity index is 1.76. The number of benzene rings is 1. The first-order chi connectivity index (χ1) is 12.3. The van der Waals surface area contributed by atoms with Gasteiger partial charge >= 0.3 is 0 Å². The Morgan fingerprint density at radius 3 is 2.72 bits per heavy atom. The molecule has 1 aromatic heterocycles. The summed E-state index contributed by atoms with van der Waals surface area (Å²) in [5.41, 5.74) is 6.39. The zero-order valence-corrected chi connectivity index (χ0v) is 14.3. The molecule has 25 heavy (non-hydrogen) atoms. The van der Waals surface area contributed by atoms with E-state index in [1.54, 1.807) is 13.2 Å². The highest BCUT2D eigenvalue weighted by Gasteiger charge is 2.14. The molecule has 0 bridgehead atoms. The number of allylic oxidation sites excluding steroid dienone is 3. The van der Waals surface area contributed by atoms with E-state index in [1.807, 2.05) is 37.7 Å². The Morgan fingerprint density at radius 2 is 2.04 bits per heavy atom. The second-order valence-electron chi connectivity index (χ2n) is 5.55. The number of rotatable bonds is 7. The molecule has 1 aliphatic rings. The molecular formula is C20H21N3O2. The zero-order valence-electron chi connectivity index (χ0n) is 14.3. The fourth-order valence-electron chi connectivity index (χ4n) is 2.54. The molecule has 0 amide bonds. The summed E-state index contributed by atoms with van der Waals surface area (Å²) in [4.78, 5) is 0. The molecule has 0 fully saturated rings. The molecule has 1 aliphatic carbocycles. The van der Waals surface area contributed by atoms with E-state index in [0.29, 0.717) is 12.3 Å². The van der Waals surface area contributed by atoms with Gasteiger partial charge in [0.15, 0.2) is 5.76 Å². The summed E-state index contributed by atoms with van der Waals surface area (Å²) in [6.45, 7) is 0.689. The van der Waals surface area contributed by atoms with Gasteiger partial charge in [0.25, 0.3) is 0 Å². The van der Waals surface area contributed by atoms with Crippen LogP contribution >= 0.6 is 0 Å². The average molecular weight is 335 g/mol. The number of nitrogens with zero attached hydrogens (tertiary/aromatic N) is 1. The van der Waals surface area contributed by atoms with E-state index in [0.717, 1.165) is 22.4 Å². The van der Waals surface area contributed by atoms with Gasteiger partial charge in [-0.1, -0.05) is 30.0 Å². The van der Waals surface area contributed by atoms with E-state index < -0.39 is 0 Å². The Hall–Kier alpha value is -3.01. The van der Waals surface area contributed by atoms with Crippen LogP contribution in [-0.4, -0.2) is 30.9 Å². The Kier molecular flexibility index (Phi) is 5.52. The van der Waals surface area contributed by atoms with Gasteiger partial charge in [-0.05, 0) is 42.5 Å². The van der Waals surface area contributed by atoms with Crippen molar-refractivity contribution in [2.24, 2.45) is 0 Å². The number of H-pyrrole nitrogens is 1. The first kappa shape index (κ1) is 16.8. The molecule has 128 valence electrons. The molecule has 0 radical (unpaired) electrons. The van der Waals surface area contributed by atoms with E-state index in [4.69, 9.17) is 9.47 Å². The van der Waals surface area contributed by atoms with Crippen LogP contribution in [0.4, 0.5) is 0 Å². The number of hydrogen-bond acceptors (Lipinski definition) is 4. The molecule has 1 heterocycles. The monoisotopic (exact) mass is 335 g/mol. The molecule has 2 N–H and O–H groups in total. The van der Waals surface area contributed by atoms with Crippen LogP contribution < -0.4 is 5.32 Å². The van der Waals surface area contributed by atoms with Crippen molar-refractivity contribution in [1.82, 2.24) is 15.5 Å². The third-order valence-corrected chi connectivity index (χ3v) is 3.88. The SMILES string of the molecule is CNCC(OC1=C=CC=C(OC)C=C1)c1ccc(-c2cn[nH]c2)cc1. The van der Waals surface area contributed by atoms with Gasteiger partial charge in [0.1, 0.15) is 11.9 Å². The summed E-state index contributed by atoms with van der Waals surface area (Å²) in [5.74, 6) is 1.43. The maximum Gasteiger partial charge on any atom is 0.163 e. The maximum atomic E-state index is 6.14. The number of aromatic amines is 1. The van der Waals surface area contributed by atoms with Gasteiger partial charge in [-0.2, -0.15) is 5.10 Å². The van der Waals surface area contributed by atoms with Crippen molar-refractivity contribution in [3.05, 3.63) is 83.8 Å². The van der Waals surface area contributed by atoms with Crippen LogP contribution in [0.25, 0.3) is 11.1 Å². The second kappa shape index (κ2) is 8.20. The summed E-state index contributed by atoms with van der Waals surface area (Å²) < 4.78 is 11.4. The van der Waals surface area contributed by atoms with Gasteiger partial charge in [0, 0.05) is 18.3 Å². The average Bonchev–Trinajstić information content (AvgIpc) is 3.09. The number of ether oxygens (including phenoxy) is 2. The van der Waals surface area contributed by atoms with Crippen molar-refractivity contribution in [3.8, 4) is 11.1 Å². The first-order valence-corrected chi connectivity index (χ1v) is 8.09. The third-order valence-electron chi connectivity index (χ3n) is 3.88. The summed E-state index contributed by atoms with van der Waals surface area (Å²) in [5, 5.41) is 10.00. The fraction of sp³-hybridized carbons (Fsp3) is 0.200. The molecular weight excluding hydrogens is 314 g/mol. The van der Waals surface area contributed by atoms with Gasteiger partial charge in [0.2, 0.25) is 0 Å². The molecule has 0 spiro atoms. The Bertz CT molecular complexity index is 811. The highest BCUT2D eigenvalue weighted by molar-refractivity contribution is 5.61. The number of likely N-dealkylation sites (N-methyl/N-ethyl adjacent to an activating group) is 1. The summed E-state index contributed by atoms with van der Waals surface area (Å²) >= 11 is 0. The van der Waals surface area contributed by atoms with Crippen LogP contribution in [0.1, 0.15) is 11.7 Å². The zero-order chi connectivity index (χ0) is 17.5. The van der Waals surface area contributed by atoms with Crippen molar-refractivity contribution in [1.29, 1.82) is 0 Å². The topological polar surface area (TPSA) is 59.2 Å². The van der Waals surface area contributed by atoms with Crippen LogP contribution in [0.5, 0.6) is 0 Å².